The molecule has 5 rings (SSSR count). The van der Waals surface area contributed by atoms with E-state index < -0.39 is 0 Å². The van der Waals surface area contributed by atoms with Gasteiger partial charge in [-0.1, -0.05) is 12.2 Å². The van der Waals surface area contributed by atoms with Gasteiger partial charge in [0.1, 0.15) is 23.4 Å². The van der Waals surface area contributed by atoms with Crippen molar-refractivity contribution in [1.29, 1.82) is 0 Å². The summed E-state index contributed by atoms with van der Waals surface area (Å²) in [6.45, 7) is 3.38. The summed E-state index contributed by atoms with van der Waals surface area (Å²) in [5.41, 5.74) is 2.10. The fraction of sp³-hybridized carbons (Fsp3) is 0.233. The van der Waals surface area contributed by atoms with Crippen LogP contribution in [0.15, 0.2) is 90.8 Å². The molecule has 0 N–H and O–H groups in total. The number of ketones is 1. The van der Waals surface area contributed by atoms with Crippen LogP contribution < -0.4 is 14.4 Å². The number of likely N-dealkylation sites (tertiary alicyclic amines) is 1. The van der Waals surface area contributed by atoms with Gasteiger partial charge in [-0.15, -0.1) is 0 Å². The molecule has 38 heavy (non-hydrogen) atoms. The topological polar surface area (TPSA) is 72.0 Å². The molecule has 7 nitrogen and oxygen atoms in total. The van der Waals surface area contributed by atoms with Crippen LogP contribution in [0.1, 0.15) is 30.1 Å². The second-order valence-electron chi connectivity index (χ2n) is 9.24. The summed E-state index contributed by atoms with van der Waals surface area (Å²) < 4.78 is 24.8. The normalized spacial score (nSPS) is 15.7. The van der Waals surface area contributed by atoms with E-state index in [2.05, 4.69) is 4.98 Å². The molecule has 0 radical (unpaired) electrons. The third-order valence-electron chi connectivity index (χ3n) is 6.52. The number of benzene rings is 2. The molecule has 1 saturated heterocycles. The Morgan fingerprint density at radius 3 is 2.32 bits per heavy atom. The van der Waals surface area contributed by atoms with E-state index in [0.717, 1.165) is 24.3 Å². The molecule has 0 saturated carbocycles. The molecular weight excluding hydrogens is 485 g/mol. The Bertz CT molecular complexity index is 1340. The number of nitrogens with zero attached hydrogens (tertiary/aromatic N) is 3. The molecule has 2 aliphatic heterocycles. The molecule has 1 aromatic heterocycles. The molecule has 1 fully saturated rings. The number of amides is 1. The van der Waals surface area contributed by atoms with Gasteiger partial charge in [-0.25, -0.2) is 9.37 Å². The third kappa shape index (κ3) is 6.08. The van der Waals surface area contributed by atoms with Crippen molar-refractivity contribution >= 4 is 17.4 Å². The predicted molar refractivity (Wildman–Crippen MR) is 142 cm³/mol. The zero-order chi connectivity index (χ0) is 26.5. The minimum absolute atomic E-state index is 0.0144. The maximum Gasteiger partial charge on any atom is 0.255 e. The summed E-state index contributed by atoms with van der Waals surface area (Å²) >= 11 is 0. The lowest BCUT2D eigenvalue weighted by Gasteiger charge is -2.33. The van der Waals surface area contributed by atoms with Crippen molar-refractivity contribution in [1.82, 2.24) is 9.88 Å². The van der Waals surface area contributed by atoms with Crippen molar-refractivity contribution in [2.24, 2.45) is 0 Å². The molecule has 1 amide bonds. The Kier molecular flexibility index (Phi) is 7.49. The highest BCUT2D eigenvalue weighted by atomic mass is 19.1. The highest BCUT2D eigenvalue weighted by Crippen LogP contribution is 2.25. The van der Waals surface area contributed by atoms with Crippen LogP contribution >= 0.6 is 0 Å². The Balaban J connectivity index is 1.16. The second kappa shape index (κ2) is 11.3. The molecule has 0 aliphatic carbocycles. The lowest BCUT2D eigenvalue weighted by atomic mass is 10.1. The number of ether oxygens (including phenoxy) is 2. The van der Waals surface area contributed by atoms with Gasteiger partial charge in [0.15, 0.2) is 5.78 Å². The number of pyridine rings is 1. The summed E-state index contributed by atoms with van der Waals surface area (Å²) in [5.74, 6) is 1.31. The van der Waals surface area contributed by atoms with Crippen molar-refractivity contribution in [3.8, 4) is 17.4 Å². The Hall–Kier alpha value is -4.46. The molecule has 0 atom stereocenters. The summed E-state index contributed by atoms with van der Waals surface area (Å²) in [4.78, 5) is 32.8. The smallest absolute Gasteiger partial charge is 0.255 e. The van der Waals surface area contributed by atoms with E-state index in [1.807, 2.05) is 46.4 Å². The second-order valence-corrected chi connectivity index (χ2v) is 9.24. The summed E-state index contributed by atoms with van der Waals surface area (Å²) in [6, 6.07) is 16.5. The minimum atomic E-state index is -0.328. The standard InChI is InChI=1S/C30H28FN3O4/c1-21(35)22-4-9-26(10-5-22)37-28-14-17-33(18-15-28)30(36)23-3-2-16-34(20-23)25-8-13-29(32-19-25)38-27-11-6-24(31)7-12-27/h2-13,19-20,28H,14-18H2,1H3. The van der Waals surface area contributed by atoms with Gasteiger partial charge >= 0.3 is 0 Å². The fourth-order valence-electron chi connectivity index (χ4n) is 4.41. The van der Waals surface area contributed by atoms with Gasteiger partial charge < -0.3 is 19.3 Å². The number of Topliss-reactive ketones (excluding diaryl/α,β-unsaturated/α-hetero) is 1. The molecule has 194 valence electrons. The first-order valence-electron chi connectivity index (χ1n) is 12.6. The monoisotopic (exact) mass is 513 g/mol. The molecule has 3 heterocycles. The molecule has 0 bridgehead atoms. The van der Waals surface area contributed by atoms with Crippen molar-refractivity contribution < 1.29 is 23.5 Å². The van der Waals surface area contributed by atoms with Crippen LogP contribution in [0.4, 0.5) is 10.1 Å². The lowest BCUT2D eigenvalue weighted by molar-refractivity contribution is -0.128. The number of hydrogen-bond acceptors (Lipinski definition) is 6. The molecule has 3 aromatic rings. The lowest BCUT2D eigenvalue weighted by Crippen LogP contribution is -2.42. The van der Waals surface area contributed by atoms with E-state index in [1.54, 1.807) is 43.5 Å². The van der Waals surface area contributed by atoms with Crippen LogP contribution in [0, 0.1) is 5.82 Å². The average molecular weight is 514 g/mol. The number of carbonyl (C=O) groups excluding carboxylic acids is 2. The maximum absolute atomic E-state index is 13.2. The quantitative estimate of drug-likeness (QED) is 0.386. The SMILES string of the molecule is CC(=O)c1ccc(OC2CCN(C(=O)C3=CN(c4ccc(Oc5ccc(F)cc5)nc4)CC=C3)CC2)cc1. The van der Waals surface area contributed by atoms with E-state index in [4.69, 9.17) is 9.47 Å². The Labute approximate surface area is 220 Å². The van der Waals surface area contributed by atoms with Crippen molar-refractivity contribution in [3.05, 3.63) is 102 Å². The first-order valence-corrected chi connectivity index (χ1v) is 12.6. The van der Waals surface area contributed by atoms with Gasteiger partial charge in [0.25, 0.3) is 5.91 Å². The van der Waals surface area contributed by atoms with E-state index in [1.165, 1.54) is 12.1 Å². The van der Waals surface area contributed by atoms with E-state index in [9.17, 15) is 14.0 Å². The summed E-state index contributed by atoms with van der Waals surface area (Å²) in [7, 11) is 0. The van der Waals surface area contributed by atoms with Crippen molar-refractivity contribution in [2.75, 3.05) is 24.5 Å². The zero-order valence-corrected chi connectivity index (χ0v) is 21.0. The first kappa shape index (κ1) is 25.2. The maximum atomic E-state index is 13.2. The van der Waals surface area contributed by atoms with Crippen LogP contribution in [0.25, 0.3) is 0 Å². The van der Waals surface area contributed by atoms with Crippen LogP contribution in [0.2, 0.25) is 0 Å². The number of hydrogen-bond donors (Lipinski definition) is 0. The van der Waals surface area contributed by atoms with Gasteiger partial charge in [0, 0.05) is 50.3 Å². The number of rotatable bonds is 7. The van der Waals surface area contributed by atoms with Gasteiger partial charge in [0.2, 0.25) is 5.88 Å². The van der Waals surface area contributed by atoms with Gasteiger partial charge in [-0.3, -0.25) is 9.59 Å². The Morgan fingerprint density at radius 2 is 1.66 bits per heavy atom. The van der Waals surface area contributed by atoms with Crippen LogP contribution in [-0.4, -0.2) is 47.3 Å². The molecule has 0 unspecified atom stereocenters. The number of carbonyl (C=O) groups is 2. The average Bonchev–Trinajstić information content (AvgIpc) is 2.95. The van der Waals surface area contributed by atoms with Gasteiger partial charge in [0.05, 0.1) is 17.5 Å². The largest absolute Gasteiger partial charge is 0.490 e. The van der Waals surface area contributed by atoms with Crippen molar-refractivity contribution in [3.63, 3.8) is 0 Å². The highest BCUT2D eigenvalue weighted by Gasteiger charge is 2.26. The van der Waals surface area contributed by atoms with Crippen molar-refractivity contribution in [2.45, 2.75) is 25.9 Å². The van der Waals surface area contributed by atoms with Crippen LogP contribution in [0.3, 0.4) is 0 Å². The molecule has 2 aliphatic rings. The summed E-state index contributed by atoms with van der Waals surface area (Å²) in [6.07, 6.45) is 8.84. The number of anilines is 1. The molecule has 0 spiro atoms. The van der Waals surface area contributed by atoms with Crippen LogP contribution in [-0.2, 0) is 4.79 Å². The number of halogens is 1. The van der Waals surface area contributed by atoms with E-state index in [0.29, 0.717) is 42.4 Å². The number of piperidine rings is 1. The van der Waals surface area contributed by atoms with Gasteiger partial charge in [-0.2, -0.15) is 0 Å². The zero-order valence-electron chi connectivity index (χ0n) is 21.0. The minimum Gasteiger partial charge on any atom is -0.490 e. The van der Waals surface area contributed by atoms with Gasteiger partial charge in [-0.05, 0) is 61.5 Å². The number of aromatic nitrogens is 1. The molecule has 2 aromatic carbocycles. The predicted octanol–water partition coefficient (Wildman–Crippen LogP) is 5.55. The first-order chi connectivity index (χ1) is 18.4. The fourth-order valence-corrected chi connectivity index (χ4v) is 4.41. The highest BCUT2D eigenvalue weighted by molar-refractivity contribution is 5.97. The third-order valence-corrected chi connectivity index (χ3v) is 6.52. The summed E-state index contributed by atoms with van der Waals surface area (Å²) in [5, 5.41) is 0. The van der Waals surface area contributed by atoms with E-state index >= 15 is 0 Å². The molecular formula is C30H28FN3O4. The van der Waals surface area contributed by atoms with E-state index in [-0.39, 0.29) is 23.6 Å². The Morgan fingerprint density at radius 1 is 0.947 bits per heavy atom. The molecule has 8 heteroatoms. The van der Waals surface area contributed by atoms with Crippen LogP contribution in [0.5, 0.6) is 17.4 Å².